The third-order valence-corrected chi connectivity index (χ3v) is 4.16. The van der Waals surface area contributed by atoms with E-state index in [-0.39, 0.29) is 29.5 Å². The largest absolute Gasteiger partial charge is 0.462 e. The molecule has 1 N–H and O–H groups in total. The van der Waals surface area contributed by atoms with E-state index in [4.69, 9.17) is 4.74 Å². The van der Waals surface area contributed by atoms with Crippen molar-refractivity contribution in [1.82, 2.24) is 10.2 Å². The number of esters is 1. The number of piperidine rings is 1. The molecule has 2 amide bonds. The van der Waals surface area contributed by atoms with Gasteiger partial charge in [-0.2, -0.15) is 0 Å². The molecule has 10 nitrogen and oxygen atoms in total. The van der Waals surface area contributed by atoms with Crippen molar-refractivity contribution in [2.24, 2.45) is 0 Å². The molecule has 0 atom stereocenters. The van der Waals surface area contributed by atoms with Crippen molar-refractivity contribution in [3.05, 3.63) is 39.4 Å². The Morgan fingerprint density at radius 1 is 1.22 bits per heavy atom. The lowest BCUT2D eigenvalue weighted by atomic mass is 10.0. The van der Waals surface area contributed by atoms with Gasteiger partial charge in [0.15, 0.2) is 0 Å². The number of ether oxygens (including phenoxy) is 2. The van der Waals surface area contributed by atoms with Crippen LogP contribution in [0.4, 0.5) is 10.5 Å². The van der Waals surface area contributed by atoms with Gasteiger partial charge in [-0.15, -0.1) is 0 Å². The molecule has 1 aliphatic heterocycles. The van der Waals surface area contributed by atoms with Crippen LogP contribution in [0.25, 0.3) is 0 Å². The molecule has 1 aliphatic rings. The van der Waals surface area contributed by atoms with Gasteiger partial charge in [-0.1, -0.05) is 0 Å². The molecule has 0 radical (unpaired) electrons. The second-order valence-electron chi connectivity index (χ2n) is 5.95. The molecule has 10 heteroatoms. The van der Waals surface area contributed by atoms with Gasteiger partial charge >= 0.3 is 12.1 Å². The van der Waals surface area contributed by atoms with Gasteiger partial charge in [0.05, 0.1) is 24.2 Å². The molecule has 1 fully saturated rings. The molecule has 1 saturated heterocycles. The van der Waals surface area contributed by atoms with Crippen LogP contribution in [0.1, 0.15) is 40.5 Å². The minimum absolute atomic E-state index is 0.00245. The van der Waals surface area contributed by atoms with Gasteiger partial charge in [-0.25, -0.2) is 9.59 Å². The quantitative estimate of drug-likeness (QED) is 0.469. The van der Waals surface area contributed by atoms with Crippen molar-refractivity contribution < 1.29 is 28.8 Å². The van der Waals surface area contributed by atoms with Crippen LogP contribution >= 0.6 is 0 Å². The van der Waals surface area contributed by atoms with Crippen molar-refractivity contribution in [2.45, 2.75) is 25.8 Å². The lowest BCUT2D eigenvalue weighted by Crippen LogP contribution is -2.46. The fourth-order valence-corrected chi connectivity index (χ4v) is 2.78. The molecule has 0 aromatic heterocycles. The first-order valence-corrected chi connectivity index (χ1v) is 8.46. The number of nitrogens with zero attached hydrogens (tertiary/aromatic N) is 2. The van der Waals surface area contributed by atoms with Crippen molar-refractivity contribution in [2.75, 3.05) is 26.8 Å². The highest BCUT2D eigenvalue weighted by molar-refractivity contribution is 5.99. The first kappa shape index (κ1) is 20.1. The fraction of sp³-hybridized carbons (Fsp3) is 0.471. The summed E-state index contributed by atoms with van der Waals surface area (Å²) in [6, 6.07) is 3.26. The Labute approximate surface area is 155 Å². The van der Waals surface area contributed by atoms with E-state index in [0.29, 0.717) is 25.9 Å². The first-order valence-electron chi connectivity index (χ1n) is 8.46. The average molecular weight is 379 g/mol. The van der Waals surface area contributed by atoms with Crippen molar-refractivity contribution in [3.8, 4) is 0 Å². The molecule has 1 aromatic rings. The zero-order valence-corrected chi connectivity index (χ0v) is 15.1. The Balaban J connectivity index is 2.10. The highest BCUT2D eigenvalue weighted by Gasteiger charge is 2.25. The van der Waals surface area contributed by atoms with Crippen LogP contribution in [0.3, 0.4) is 0 Å². The Bertz CT molecular complexity index is 742. The molecule has 1 aromatic carbocycles. The van der Waals surface area contributed by atoms with Gasteiger partial charge in [0, 0.05) is 36.8 Å². The fourth-order valence-electron chi connectivity index (χ4n) is 2.78. The minimum Gasteiger partial charge on any atom is -0.462 e. The summed E-state index contributed by atoms with van der Waals surface area (Å²) in [7, 11) is 1.31. The number of hydrogen-bond donors (Lipinski definition) is 1. The summed E-state index contributed by atoms with van der Waals surface area (Å²) in [6.45, 7) is 2.59. The maximum absolute atomic E-state index is 12.5. The predicted molar refractivity (Wildman–Crippen MR) is 93.5 cm³/mol. The number of nitro benzene ring substituents is 1. The third-order valence-electron chi connectivity index (χ3n) is 4.16. The SMILES string of the molecule is CCOC(=O)c1cc(C(=O)NC2CCN(C(=O)OC)CC2)cc([N+](=O)[O-])c1. The third kappa shape index (κ3) is 5.16. The molecular weight excluding hydrogens is 358 g/mol. The number of benzene rings is 1. The van der Waals surface area contributed by atoms with Crippen LogP contribution in [0.15, 0.2) is 18.2 Å². The van der Waals surface area contributed by atoms with E-state index in [9.17, 15) is 24.5 Å². The Morgan fingerprint density at radius 3 is 2.41 bits per heavy atom. The van der Waals surface area contributed by atoms with E-state index in [1.165, 1.54) is 18.1 Å². The van der Waals surface area contributed by atoms with Gasteiger partial charge in [0.25, 0.3) is 11.6 Å². The summed E-state index contributed by atoms with van der Waals surface area (Å²) in [5.74, 6) is -1.26. The smallest absolute Gasteiger partial charge is 0.409 e. The van der Waals surface area contributed by atoms with E-state index in [2.05, 4.69) is 10.1 Å². The lowest BCUT2D eigenvalue weighted by Gasteiger charge is -2.31. The van der Waals surface area contributed by atoms with Crippen LogP contribution in [0.5, 0.6) is 0 Å². The molecule has 0 spiro atoms. The van der Waals surface area contributed by atoms with Gasteiger partial charge < -0.3 is 19.7 Å². The van der Waals surface area contributed by atoms with Crippen LogP contribution in [0, 0.1) is 10.1 Å². The highest BCUT2D eigenvalue weighted by Crippen LogP contribution is 2.19. The molecule has 2 rings (SSSR count). The van der Waals surface area contributed by atoms with Crippen molar-refractivity contribution in [1.29, 1.82) is 0 Å². The van der Waals surface area contributed by atoms with E-state index < -0.39 is 22.9 Å². The van der Waals surface area contributed by atoms with Crippen molar-refractivity contribution in [3.63, 3.8) is 0 Å². The van der Waals surface area contributed by atoms with Gasteiger partial charge in [-0.3, -0.25) is 14.9 Å². The maximum atomic E-state index is 12.5. The summed E-state index contributed by atoms with van der Waals surface area (Å²) >= 11 is 0. The monoisotopic (exact) mass is 379 g/mol. The maximum Gasteiger partial charge on any atom is 0.409 e. The number of non-ortho nitro benzene ring substituents is 1. The van der Waals surface area contributed by atoms with Gasteiger partial charge in [0.2, 0.25) is 0 Å². The standard InChI is InChI=1S/C17H21N3O7/c1-3-27-16(22)12-8-11(9-14(10-12)20(24)25)15(21)18-13-4-6-19(7-5-13)17(23)26-2/h8-10,13H,3-7H2,1-2H3,(H,18,21). The average Bonchev–Trinajstić information content (AvgIpc) is 2.67. The Morgan fingerprint density at radius 2 is 1.85 bits per heavy atom. The molecule has 0 unspecified atom stereocenters. The summed E-state index contributed by atoms with van der Waals surface area (Å²) < 4.78 is 9.51. The molecule has 0 aliphatic carbocycles. The number of carbonyl (C=O) groups is 3. The van der Waals surface area contributed by atoms with Crippen LogP contribution in [0.2, 0.25) is 0 Å². The topological polar surface area (TPSA) is 128 Å². The number of methoxy groups -OCH3 is 1. The molecule has 146 valence electrons. The van der Waals surface area contributed by atoms with E-state index in [1.807, 2.05) is 0 Å². The molecule has 27 heavy (non-hydrogen) atoms. The molecule has 0 saturated carbocycles. The summed E-state index contributed by atoms with van der Waals surface area (Å²) in [5.41, 5.74) is -0.425. The predicted octanol–water partition coefficient (Wildman–Crippen LogP) is 1.73. The number of amides is 2. The van der Waals surface area contributed by atoms with E-state index in [0.717, 1.165) is 12.1 Å². The zero-order valence-electron chi connectivity index (χ0n) is 15.1. The number of nitrogens with one attached hydrogen (secondary N) is 1. The second-order valence-corrected chi connectivity index (χ2v) is 5.95. The van der Waals surface area contributed by atoms with Crippen LogP contribution in [-0.4, -0.2) is 60.6 Å². The Hall–Kier alpha value is -3.17. The number of rotatable bonds is 5. The zero-order chi connectivity index (χ0) is 20.0. The van der Waals surface area contributed by atoms with Gasteiger partial charge in [0.1, 0.15) is 0 Å². The van der Waals surface area contributed by atoms with E-state index in [1.54, 1.807) is 6.92 Å². The lowest BCUT2D eigenvalue weighted by molar-refractivity contribution is -0.384. The summed E-state index contributed by atoms with van der Waals surface area (Å²) in [6.07, 6.45) is 0.638. The van der Waals surface area contributed by atoms with E-state index >= 15 is 0 Å². The first-order chi connectivity index (χ1) is 12.8. The number of likely N-dealkylation sites (tertiary alicyclic amines) is 1. The molecule has 0 bridgehead atoms. The second kappa shape index (κ2) is 8.97. The molecular formula is C17H21N3O7. The highest BCUT2D eigenvalue weighted by atomic mass is 16.6. The molecule has 1 heterocycles. The van der Waals surface area contributed by atoms with Gasteiger partial charge in [-0.05, 0) is 25.8 Å². The van der Waals surface area contributed by atoms with Crippen LogP contribution < -0.4 is 5.32 Å². The number of carbonyl (C=O) groups excluding carboxylic acids is 3. The number of nitro groups is 1. The normalized spacial score (nSPS) is 14.4. The Kier molecular flexibility index (Phi) is 6.69. The van der Waals surface area contributed by atoms with Crippen LogP contribution in [-0.2, 0) is 9.47 Å². The summed E-state index contributed by atoms with van der Waals surface area (Å²) in [4.78, 5) is 47.8. The van der Waals surface area contributed by atoms with Crippen molar-refractivity contribution >= 4 is 23.7 Å². The summed E-state index contributed by atoms with van der Waals surface area (Å²) in [5, 5.41) is 13.9. The minimum atomic E-state index is -0.735. The number of hydrogen-bond acceptors (Lipinski definition) is 7.